The summed E-state index contributed by atoms with van der Waals surface area (Å²) >= 11 is 5.97. The number of fused-ring (bicyclic) bond motifs is 1. The molecular weight excluding hydrogens is 293 g/mol. The van der Waals surface area contributed by atoms with Crippen LogP contribution in [0.4, 0.5) is 10.1 Å². The van der Waals surface area contributed by atoms with E-state index >= 15 is 0 Å². The second kappa shape index (κ2) is 5.71. The molecule has 2 heterocycles. The van der Waals surface area contributed by atoms with E-state index in [4.69, 9.17) is 27.5 Å². The molecule has 0 aliphatic carbocycles. The molecule has 0 fully saturated rings. The molecule has 0 saturated heterocycles. The van der Waals surface area contributed by atoms with Gasteiger partial charge < -0.3 is 14.4 Å². The molecule has 1 aromatic rings. The predicted octanol–water partition coefficient (Wildman–Crippen LogP) is 3.50. The van der Waals surface area contributed by atoms with E-state index in [0.29, 0.717) is 24.6 Å². The maximum Gasteiger partial charge on any atom is 0.148 e. The summed E-state index contributed by atoms with van der Waals surface area (Å²) in [6.07, 6.45) is 9.66. The normalized spacial score (nSPS) is 16.5. The number of ether oxygens (including phenoxy) is 2. The summed E-state index contributed by atoms with van der Waals surface area (Å²) in [5.41, 5.74) is 2.65. The molecule has 0 aromatic heterocycles. The SMILES string of the molecule is C#CCOc1cc(N2C=C3CCOC=C3C2)c(F)cc1Cl. The van der Waals surface area contributed by atoms with Crippen molar-refractivity contribution in [2.24, 2.45) is 0 Å². The first-order valence-electron chi connectivity index (χ1n) is 6.52. The van der Waals surface area contributed by atoms with Gasteiger partial charge in [-0.15, -0.1) is 6.42 Å². The number of halogens is 2. The van der Waals surface area contributed by atoms with Crippen LogP contribution in [0.1, 0.15) is 6.42 Å². The molecule has 0 bridgehead atoms. The maximum absolute atomic E-state index is 14.2. The molecule has 108 valence electrons. The van der Waals surface area contributed by atoms with Crippen LogP contribution >= 0.6 is 11.6 Å². The molecular formula is C16H13ClFNO2. The fourth-order valence-electron chi connectivity index (χ4n) is 2.39. The number of benzene rings is 1. The lowest BCUT2D eigenvalue weighted by Gasteiger charge is -2.18. The fraction of sp³-hybridized carbons (Fsp3) is 0.250. The van der Waals surface area contributed by atoms with Gasteiger partial charge in [0.25, 0.3) is 0 Å². The third-order valence-electron chi connectivity index (χ3n) is 3.40. The first-order valence-corrected chi connectivity index (χ1v) is 6.90. The van der Waals surface area contributed by atoms with E-state index in [-0.39, 0.29) is 11.6 Å². The lowest BCUT2D eigenvalue weighted by Crippen LogP contribution is -2.15. The highest BCUT2D eigenvalue weighted by molar-refractivity contribution is 6.32. The van der Waals surface area contributed by atoms with Crippen molar-refractivity contribution in [3.8, 4) is 18.1 Å². The van der Waals surface area contributed by atoms with Gasteiger partial charge in [-0.25, -0.2) is 4.39 Å². The van der Waals surface area contributed by atoms with E-state index in [1.807, 2.05) is 11.1 Å². The van der Waals surface area contributed by atoms with Gasteiger partial charge in [0, 0.05) is 24.3 Å². The smallest absolute Gasteiger partial charge is 0.148 e. The van der Waals surface area contributed by atoms with Gasteiger partial charge in [0.2, 0.25) is 0 Å². The quantitative estimate of drug-likeness (QED) is 0.798. The Morgan fingerprint density at radius 2 is 2.29 bits per heavy atom. The minimum absolute atomic E-state index is 0.0882. The number of hydrogen-bond donors (Lipinski definition) is 0. The zero-order valence-electron chi connectivity index (χ0n) is 11.2. The summed E-state index contributed by atoms with van der Waals surface area (Å²) in [7, 11) is 0. The third-order valence-corrected chi connectivity index (χ3v) is 3.70. The van der Waals surface area contributed by atoms with Crippen molar-refractivity contribution in [2.75, 3.05) is 24.7 Å². The van der Waals surface area contributed by atoms with Crippen LogP contribution in [0, 0.1) is 18.2 Å². The topological polar surface area (TPSA) is 21.7 Å². The summed E-state index contributed by atoms with van der Waals surface area (Å²) in [5, 5.41) is 0.207. The van der Waals surface area contributed by atoms with Crippen LogP contribution in [0.3, 0.4) is 0 Å². The summed E-state index contributed by atoms with van der Waals surface area (Å²) in [6, 6.07) is 2.82. The number of anilines is 1. The zero-order valence-corrected chi connectivity index (χ0v) is 12.0. The van der Waals surface area contributed by atoms with E-state index in [0.717, 1.165) is 12.0 Å². The lowest BCUT2D eigenvalue weighted by molar-refractivity contribution is 0.241. The molecule has 0 unspecified atom stereocenters. The highest BCUT2D eigenvalue weighted by Crippen LogP contribution is 2.36. The van der Waals surface area contributed by atoms with Crippen LogP contribution in [0.25, 0.3) is 0 Å². The molecule has 3 nitrogen and oxygen atoms in total. The largest absolute Gasteiger partial charge is 0.500 e. The van der Waals surface area contributed by atoms with Crippen LogP contribution in [-0.4, -0.2) is 19.8 Å². The van der Waals surface area contributed by atoms with E-state index in [9.17, 15) is 4.39 Å². The van der Waals surface area contributed by atoms with E-state index < -0.39 is 5.82 Å². The molecule has 5 heteroatoms. The van der Waals surface area contributed by atoms with Crippen molar-refractivity contribution in [3.63, 3.8) is 0 Å². The molecule has 3 rings (SSSR count). The molecule has 0 atom stereocenters. The number of rotatable bonds is 3. The fourth-order valence-corrected chi connectivity index (χ4v) is 2.60. The van der Waals surface area contributed by atoms with Gasteiger partial charge in [-0.3, -0.25) is 0 Å². The van der Waals surface area contributed by atoms with E-state index in [1.165, 1.54) is 11.6 Å². The van der Waals surface area contributed by atoms with Crippen molar-refractivity contribution in [2.45, 2.75) is 6.42 Å². The van der Waals surface area contributed by atoms with Gasteiger partial charge >= 0.3 is 0 Å². The van der Waals surface area contributed by atoms with E-state index in [2.05, 4.69) is 5.92 Å². The van der Waals surface area contributed by atoms with E-state index in [1.54, 1.807) is 12.3 Å². The standard InChI is InChI=1S/C16H13ClFNO2/c1-2-4-21-16-7-15(14(18)6-13(16)17)19-8-11-3-5-20-10-12(11)9-19/h1,6-8,10H,3-5,9H2. The molecule has 1 aromatic carbocycles. The number of terminal acetylenes is 1. The summed E-state index contributed by atoms with van der Waals surface area (Å²) < 4.78 is 24.8. The monoisotopic (exact) mass is 305 g/mol. The predicted molar refractivity (Wildman–Crippen MR) is 79.8 cm³/mol. The minimum Gasteiger partial charge on any atom is -0.500 e. The minimum atomic E-state index is -0.398. The Hall–Kier alpha value is -2.12. The number of hydrogen-bond acceptors (Lipinski definition) is 3. The highest BCUT2D eigenvalue weighted by Gasteiger charge is 2.24. The lowest BCUT2D eigenvalue weighted by atomic mass is 10.1. The van der Waals surface area contributed by atoms with Crippen molar-refractivity contribution in [3.05, 3.63) is 46.6 Å². The number of nitrogens with zero attached hydrogens (tertiary/aromatic N) is 1. The summed E-state index contributed by atoms with van der Waals surface area (Å²) in [4.78, 5) is 1.82. The molecule has 2 aliphatic heterocycles. The van der Waals surface area contributed by atoms with Crippen LogP contribution in [0.15, 0.2) is 35.7 Å². The van der Waals surface area contributed by atoms with Gasteiger partial charge in [0.15, 0.2) is 0 Å². The Morgan fingerprint density at radius 1 is 1.43 bits per heavy atom. The average molecular weight is 306 g/mol. The van der Waals surface area contributed by atoms with Crippen molar-refractivity contribution in [1.29, 1.82) is 0 Å². The second-order valence-corrected chi connectivity index (χ2v) is 5.18. The second-order valence-electron chi connectivity index (χ2n) is 4.77. The Morgan fingerprint density at radius 3 is 3.05 bits per heavy atom. The molecule has 0 amide bonds. The third kappa shape index (κ3) is 2.70. The first kappa shape index (κ1) is 13.8. The molecule has 2 aliphatic rings. The zero-order chi connectivity index (χ0) is 14.8. The molecule has 0 saturated carbocycles. The Balaban J connectivity index is 1.92. The highest BCUT2D eigenvalue weighted by atomic mass is 35.5. The van der Waals surface area contributed by atoms with Crippen molar-refractivity contribution < 1.29 is 13.9 Å². The van der Waals surface area contributed by atoms with Crippen molar-refractivity contribution in [1.82, 2.24) is 0 Å². The van der Waals surface area contributed by atoms with Gasteiger partial charge in [0.1, 0.15) is 18.2 Å². The molecule has 0 spiro atoms. The first-order chi connectivity index (χ1) is 10.2. The van der Waals surface area contributed by atoms with Gasteiger partial charge in [-0.1, -0.05) is 17.5 Å². The van der Waals surface area contributed by atoms with Gasteiger partial charge in [-0.2, -0.15) is 0 Å². The summed E-state index contributed by atoms with van der Waals surface area (Å²) in [5.74, 6) is 2.34. The molecule has 0 radical (unpaired) electrons. The van der Waals surface area contributed by atoms with Crippen LogP contribution in [0.2, 0.25) is 5.02 Å². The molecule has 0 N–H and O–H groups in total. The van der Waals surface area contributed by atoms with Crippen LogP contribution in [0.5, 0.6) is 5.75 Å². The van der Waals surface area contributed by atoms with Crippen molar-refractivity contribution >= 4 is 17.3 Å². The Bertz CT molecular complexity index is 676. The average Bonchev–Trinajstić information content (AvgIpc) is 2.90. The Labute approximate surface area is 127 Å². The molecule has 21 heavy (non-hydrogen) atoms. The van der Waals surface area contributed by atoms with Gasteiger partial charge in [0.05, 0.1) is 30.1 Å². The van der Waals surface area contributed by atoms with Gasteiger partial charge in [-0.05, 0) is 11.6 Å². The Kier molecular flexibility index (Phi) is 3.76. The van der Waals surface area contributed by atoms with Crippen LogP contribution < -0.4 is 9.64 Å². The maximum atomic E-state index is 14.2. The summed E-state index contributed by atoms with van der Waals surface area (Å²) in [6.45, 7) is 1.32. The van der Waals surface area contributed by atoms with Crippen LogP contribution in [-0.2, 0) is 4.74 Å².